The largest absolute Gasteiger partial charge is 4.00 e. The Bertz CT molecular complexity index is 2140. The Balaban J connectivity index is 0.00000194. The third kappa shape index (κ3) is 7.24. The molecule has 0 unspecified atom stereocenters. The topological polar surface area (TPSA) is 0 Å². The minimum absolute atomic E-state index is 0. The summed E-state index contributed by atoms with van der Waals surface area (Å²) in [4.78, 5) is 0. The van der Waals surface area contributed by atoms with Crippen LogP contribution in [0.4, 0.5) is 0 Å². The number of rotatable bonds is 5. The minimum Gasteiger partial charge on any atom is -0.358 e. The second-order valence-electron chi connectivity index (χ2n) is 16.2. The van der Waals surface area contributed by atoms with Crippen LogP contribution < -0.4 is 15.6 Å². The van der Waals surface area contributed by atoms with Crippen LogP contribution in [0.3, 0.4) is 0 Å². The van der Waals surface area contributed by atoms with Crippen LogP contribution in [-0.4, -0.2) is 8.07 Å². The Morgan fingerprint density at radius 1 is 0.471 bits per heavy atom. The third-order valence-electron chi connectivity index (χ3n) is 10.8. The maximum absolute atomic E-state index is 2.55. The van der Waals surface area contributed by atoms with Crippen LogP contribution in [-0.2, 0) is 36.7 Å². The Morgan fingerprint density at radius 2 is 0.882 bits per heavy atom. The zero-order valence-electron chi connectivity index (χ0n) is 32.6. The number of benzene rings is 5. The molecule has 0 fully saturated rings. The van der Waals surface area contributed by atoms with Crippen LogP contribution in [0.1, 0.15) is 63.8 Å². The summed E-state index contributed by atoms with van der Waals surface area (Å²) in [6, 6.07) is 49.1. The molecule has 0 saturated carbocycles. The van der Waals surface area contributed by atoms with E-state index < -0.39 is 8.07 Å². The van der Waals surface area contributed by atoms with E-state index in [0.29, 0.717) is 0 Å². The van der Waals surface area contributed by atoms with Crippen molar-refractivity contribution < 1.29 is 25.8 Å². The monoisotopic (exact) mass is 850 g/mol. The number of hydrogen-bond acceptors (Lipinski definition) is 0. The Hall–Kier alpha value is -3.59. The summed E-state index contributed by atoms with van der Waals surface area (Å²) in [5.41, 5.74) is 11.0. The summed E-state index contributed by atoms with van der Waals surface area (Å²) < 4.78 is 0. The van der Waals surface area contributed by atoms with Crippen molar-refractivity contribution in [2.75, 3.05) is 0 Å². The summed E-state index contributed by atoms with van der Waals surface area (Å²) in [5.74, 6) is 0. The average molecular weight is 850 g/mol. The molecule has 0 spiro atoms. The summed E-state index contributed by atoms with van der Waals surface area (Å²) in [6.07, 6.45) is 0. The van der Waals surface area contributed by atoms with E-state index in [1.807, 2.05) is 0 Å². The van der Waals surface area contributed by atoms with Gasteiger partial charge in [0, 0.05) is 0 Å². The summed E-state index contributed by atoms with van der Waals surface area (Å²) >= 11 is 0. The first-order chi connectivity index (χ1) is 22.7. The molecule has 0 aliphatic heterocycles. The fourth-order valence-electron chi connectivity index (χ4n) is 7.65. The molecule has 0 bridgehead atoms. The fourth-order valence-corrected chi connectivity index (χ4v) is 11.3. The quantitative estimate of drug-likeness (QED) is 0.120. The molecule has 0 N–H and O–H groups in total. The van der Waals surface area contributed by atoms with E-state index in [1.54, 1.807) is 0 Å². The first-order valence-electron chi connectivity index (χ1n) is 17.4. The van der Waals surface area contributed by atoms with Crippen molar-refractivity contribution in [2.45, 2.75) is 72.8 Å². The van der Waals surface area contributed by atoms with E-state index in [0.717, 1.165) is 0 Å². The van der Waals surface area contributed by atoms with Crippen molar-refractivity contribution in [1.82, 2.24) is 0 Å². The molecular formula is C49H54HfSi. The first kappa shape index (κ1) is 40.2. The average Bonchev–Trinajstić information content (AvgIpc) is 3.70. The molecule has 7 aromatic carbocycles. The second kappa shape index (κ2) is 14.8. The molecule has 0 aromatic heterocycles. The number of fused-ring (bicyclic) bond motifs is 2. The molecule has 0 atom stereocenters. The Kier molecular flexibility index (Phi) is 11.7. The van der Waals surface area contributed by atoms with E-state index in [4.69, 9.17) is 0 Å². The second-order valence-corrected chi connectivity index (χ2v) is 20.1. The maximum atomic E-state index is 2.55. The molecule has 0 aliphatic rings. The van der Waals surface area contributed by atoms with Crippen molar-refractivity contribution in [2.24, 2.45) is 0 Å². The molecule has 258 valence electrons. The molecule has 0 aliphatic carbocycles. The zero-order chi connectivity index (χ0) is 34.0. The zero-order valence-corrected chi connectivity index (χ0v) is 37.2. The van der Waals surface area contributed by atoms with Gasteiger partial charge in [-0.2, -0.15) is 12.1 Å². The van der Waals surface area contributed by atoms with Crippen LogP contribution >= 0.6 is 0 Å². The third-order valence-corrected chi connectivity index (χ3v) is 15.1. The summed E-state index contributed by atoms with van der Waals surface area (Å²) in [7, 11) is -2.39. The molecule has 0 heterocycles. The Labute approximate surface area is 328 Å². The van der Waals surface area contributed by atoms with E-state index in [-0.39, 0.29) is 51.5 Å². The van der Waals surface area contributed by atoms with Crippen molar-refractivity contribution in [3.05, 3.63) is 165 Å². The predicted molar refractivity (Wildman–Crippen MR) is 227 cm³/mol. The van der Waals surface area contributed by atoms with Gasteiger partial charge in [0.25, 0.3) is 0 Å². The molecular weight excluding hydrogens is 795 g/mol. The molecule has 0 radical (unpaired) electrons. The van der Waals surface area contributed by atoms with Crippen molar-refractivity contribution in [3.63, 3.8) is 0 Å². The van der Waals surface area contributed by atoms with E-state index in [9.17, 15) is 0 Å². The minimum atomic E-state index is -2.39. The predicted octanol–water partition coefficient (Wildman–Crippen LogP) is 12.0. The van der Waals surface area contributed by atoms with Crippen molar-refractivity contribution >= 4 is 45.2 Å². The van der Waals surface area contributed by atoms with Gasteiger partial charge in [0.15, 0.2) is 0 Å². The van der Waals surface area contributed by atoms with Gasteiger partial charge in [-0.05, 0) is 58.1 Å². The summed E-state index contributed by atoms with van der Waals surface area (Å²) in [5, 5.41) is 9.70. The SMILES string of the molecule is Cc1cc(C(C)(C)C)ccc1-c1cccc2[cH-]c([Si](C)(c3ccccc3)c3cc4c(-c5ccc(C(C)(C)C)cc5C)cccc4[cH-]3)cc12.[CH3-].[CH3-].[Hf+4]. The van der Waals surface area contributed by atoms with E-state index >= 15 is 0 Å². The molecule has 0 amide bonds. The van der Waals surface area contributed by atoms with Gasteiger partial charge in [-0.3, -0.25) is 0 Å². The van der Waals surface area contributed by atoms with Gasteiger partial charge in [0.1, 0.15) is 8.07 Å². The molecule has 7 aromatic rings. The van der Waals surface area contributed by atoms with Crippen LogP contribution in [0.25, 0.3) is 43.8 Å². The summed E-state index contributed by atoms with van der Waals surface area (Å²) in [6.45, 7) is 20.8. The molecule has 2 heteroatoms. The van der Waals surface area contributed by atoms with Gasteiger partial charge in [-0.15, -0.1) is 68.3 Å². The van der Waals surface area contributed by atoms with Gasteiger partial charge in [0.2, 0.25) is 0 Å². The van der Waals surface area contributed by atoms with Crippen LogP contribution in [0.15, 0.2) is 127 Å². The van der Waals surface area contributed by atoms with Crippen molar-refractivity contribution in [3.8, 4) is 22.3 Å². The van der Waals surface area contributed by atoms with Crippen LogP contribution in [0, 0.1) is 28.7 Å². The fraction of sp³-hybridized carbons (Fsp3) is 0.224. The van der Waals surface area contributed by atoms with Gasteiger partial charge in [-0.1, -0.05) is 143 Å². The van der Waals surface area contributed by atoms with Crippen LogP contribution in [0.5, 0.6) is 0 Å². The van der Waals surface area contributed by atoms with Gasteiger partial charge >= 0.3 is 25.8 Å². The maximum Gasteiger partial charge on any atom is 4.00 e. The molecule has 51 heavy (non-hydrogen) atoms. The molecule has 7 rings (SSSR count). The normalized spacial score (nSPS) is 11.9. The van der Waals surface area contributed by atoms with E-state index in [1.165, 1.54) is 81.6 Å². The smallest absolute Gasteiger partial charge is 0.358 e. The van der Waals surface area contributed by atoms with Gasteiger partial charge in [-0.25, -0.2) is 0 Å². The van der Waals surface area contributed by atoms with Gasteiger partial charge < -0.3 is 14.9 Å². The van der Waals surface area contributed by atoms with Crippen LogP contribution in [0.2, 0.25) is 6.55 Å². The van der Waals surface area contributed by atoms with Gasteiger partial charge in [0.05, 0.1) is 0 Å². The Morgan fingerprint density at radius 3 is 1.25 bits per heavy atom. The number of hydrogen-bond donors (Lipinski definition) is 0. The first-order valence-corrected chi connectivity index (χ1v) is 19.9. The number of aryl methyl sites for hydroxylation is 2. The van der Waals surface area contributed by atoms with Crippen molar-refractivity contribution in [1.29, 1.82) is 0 Å². The van der Waals surface area contributed by atoms with E-state index in [2.05, 4.69) is 189 Å². The molecule has 0 saturated heterocycles. The molecule has 0 nitrogen and oxygen atoms in total. The standard InChI is InChI=1S/C47H48Si.2CH3.Hf/c1-31-25-35(46(3,4)5)21-23-40(31)42-19-13-15-33-27-38(29-44(33)42)48(9,37-17-11-10-12-18-37)39-28-34-16-14-20-43(45(34)30-39)41-24-22-36(26-32(41)2)47(6,7)8;;;/h10-30H,1-9H3;2*1H3;/q-2;2*-1;+4.